The van der Waals surface area contributed by atoms with Crippen molar-refractivity contribution in [2.24, 2.45) is 12.8 Å². The summed E-state index contributed by atoms with van der Waals surface area (Å²) in [5, 5.41) is 10.5. The molecule has 0 aliphatic carbocycles. The largest absolute Gasteiger partial charge is 0.508 e. The van der Waals surface area contributed by atoms with E-state index >= 15 is 0 Å². The number of carbonyl (C=O) groups excluding carboxylic acids is 1. The zero-order valence-electron chi connectivity index (χ0n) is 14.3. The van der Waals surface area contributed by atoms with Crippen molar-refractivity contribution in [3.05, 3.63) is 78.5 Å². The normalized spacial score (nSPS) is 11.0. The highest BCUT2D eigenvalue weighted by atomic mass is 16.3. The van der Waals surface area contributed by atoms with Crippen molar-refractivity contribution in [2.45, 2.75) is 0 Å². The first kappa shape index (κ1) is 16.0. The molecule has 1 aromatic heterocycles. The van der Waals surface area contributed by atoms with E-state index in [0.717, 1.165) is 33.2 Å². The number of phenols is 1. The zero-order valence-corrected chi connectivity index (χ0v) is 14.3. The van der Waals surface area contributed by atoms with Crippen LogP contribution in [0.25, 0.3) is 33.2 Å². The number of aromatic hydroxyl groups is 1. The molecule has 0 radical (unpaired) electrons. The molecule has 4 nitrogen and oxygen atoms in total. The van der Waals surface area contributed by atoms with Crippen molar-refractivity contribution < 1.29 is 9.90 Å². The van der Waals surface area contributed by atoms with Crippen LogP contribution >= 0.6 is 0 Å². The van der Waals surface area contributed by atoms with Crippen LogP contribution in [0, 0.1) is 0 Å². The number of benzene rings is 3. The summed E-state index contributed by atoms with van der Waals surface area (Å²) >= 11 is 0. The SMILES string of the molecule is Cn1cc(-c2ccc(O)cc2)c2cc(-c3ccccc3)cc(C(N)=O)c21. The molecule has 0 spiro atoms. The molecule has 0 aliphatic heterocycles. The van der Waals surface area contributed by atoms with E-state index in [9.17, 15) is 9.90 Å². The lowest BCUT2D eigenvalue weighted by molar-refractivity contribution is 0.100. The second kappa shape index (κ2) is 6.08. The number of hydrogen-bond donors (Lipinski definition) is 2. The summed E-state index contributed by atoms with van der Waals surface area (Å²) in [5.41, 5.74) is 10.9. The van der Waals surface area contributed by atoms with E-state index < -0.39 is 5.91 Å². The number of primary amides is 1. The third kappa shape index (κ3) is 2.62. The average Bonchev–Trinajstić information content (AvgIpc) is 2.99. The van der Waals surface area contributed by atoms with Gasteiger partial charge >= 0.3 is 0 Å². The van der Waals surface area contributed by atoms with Crippen LogP contribution in [-0.2, 0) is 7.05 Å². The minimum atomic E-state index is -0.453. The highest BCUT2D eigenvalue weighted by Gasteiger charge is 2.17. The number of aromatic nitrogens is 1. The van der Waals surface area contributed by atoms with Crippen LogP contribution in [0.4, 0.5) is 0 Å². The van der Waals surface area contributed by atoms with Crippen LogP contribution < -0.4 is 5.73 Å². The molecule has 1 heterocycles. The first-order chi connectivity index (χ1) is 12.5. The smallest absolute Gasteiger partial charge is 0.250 e. The maximum Gasteiger partial charge on any atom is 0.250 e. The number of aryl methyl sites for hydroxylation is 1. The van der Waals surface area contributed by atoms with E-state index in [1.165, 1.54) is 0 Å². The standard InChI is InChI=1S/C22H18N2O2/c1-24-13-20(15-7-9-17(25)10-8-15)18-11-16(14-5-3-2-4-6-14)12-19(21(18)24)22(23)26/h2-13,25H,1H3,(H2,23,26). The number of fused-ring (bicyclic) bond motifs is 1. The summed E-state index contributed by atoms with van der Waals surface area (Å²) in [7, 11) is 1.90. The van der Waals surface area contributed by atoms with Crippen LogP contribution in [-0.4, -0.2) is 15.6 Å². The van der Waals surface area contributed by atoms with Gasteiger partial charge in [-0.3, -0.25) is 4.79 Å². The predicted octanol–water partition coefficient (Wildman–Crippen LogP) is 4.32. The van der Waals surface area contributed by atoms with Gasteiger partial charge in [0, 0.05) is 24.2 Å². The number of nitrogens with two attached hydrogens (primary N) is 1. The second-order valence-electron chi connectivity index (χ2n) is 6.35. The van der Waals surface area contributed by atoms with Crippen molar-refractivity contribution in [1.82, 2.24) is 4.57 Å². The monoisotopic (exact) mass is 342 g/mol. The number of hydrogen-bond acceptors (Lipinski definition) is 2. The van der Waals surface area contributed by atoms with Crippen molar-refractivity contribution >= 4 is 16.8 Å². The van der Waals surface area contributed by atoms with Gasteiger partial charge in [0.2, 0.25) is 0 Å². The fourth-order valence-corrected chi connectivity index (χ4v) is 3.40. The summed E-state index contributed by atoms with van der Waals surface area (Å²) in [6.45, 7) is 0. The summed E-state index contributed by atoms with van der Waals surface area (Å²) in [6, 6.07) is 20.9. The van der Waals surface area contributed by atoms with E-state index in [-0.39, 0.29) is 5.75 Å². The van der Waals surface area contributed by atoms with Crippen molar-refractivity contribution in [2.75, 3.05) is 0 Å². The highest BCUT2D eigenvalue weighted by Crippen LogP contribution is 2.36. The molecule has 0 saturated carbocycles. The Balaban J connectivity index is 2.04. The van der Waals surface area contributed by atoms with E-state index in [1.54, 1.807) is 12.1 Å². The Labute approximate surface area is 151 Å². The molecular formula is C22H18N2O2. The van der Waals surface area contributed by atoms with Gasteiger partial charge in [0.15, 0.2) is 0 Å². The van der Waals surface area contributed by atoms with E-state index in [2.05, 4.69) is 6.07 Å². The number of nitrogens with zero attached hydrogens (tertiary/aromatic N) is 1. The van der Waals surface area contributed by atoms with Gasteiger partial charge in [-0.15, -0.1) is 0 Å². The van der Waals surface area contributed by atoms with Crippen LogP contribution in [0.1, 0.15) is 10.4 Å². The van der Waals surface area contributed by atoms with E-state index in [0.29, 0.717) is 5.56 Å². The molecule has 26 heavy (non-hydrogen) atoms. The third-order valence-corrected chi connectivity index (χ3v) is 4.63. The maximum absolute atomic E-state index is 12.1. The molecular weight excluding hydrogens is 324 g/mol. The number of rotatable bonds is 3. The van der Waals surface area contributed by atoms with Crippen molar-refractivity contribution in [3.8, 4) is 28.0 Å². The van der Waals surface area contributed by atoms with E-state index in [1.807, 2.05) is 66.3 Å². The Morgan fingerprint density at radius 1 is 0.923 bits per heavy atom. The fourth-order valence-electron chi connectivity index (χ4n) is 3.40. The first-order valence-corrected chi connectivity index (χ1v) is 8.32. The molecule has 128 valence electrons. The Bertz CT molecular complexity index is 1110. The van der Waals surface area contributed by atoms with Crippen molar-refractivity contribution in [1.29, 1.82) is 0 Å². The Morgan fingerprint density at radius 2 is 1.62 bits per heavy atom. The van der Waals surface area contributed by atoms with Crippen LogP contribution in [0.5, 0.6) is 5.75 Å². The van der Waals surface area contributed by atoms with Crippen LogP contribution in [0.15, 0.2) is 72.9 Å². The number of phenolic OH excluding ortho intramolecular Hbond substituents is 1. The maximum atomic E-state index is 12.1. The lowest BCUT2D eigenvalue weighted by Crippen LogP contribution is -2.12. The Morgan fingerprint density at radius 3 is 2.27 bits per heavy atom. The summed E-state index contributed by atoms with van der Waals surface area (Å²) in [5.74, 6) is -0.233. The Hall–Kier alpha value is -3.53. The van der Waals surface area contributed by atoms with Crippen LogP contribution in [0.2, 0.25) is 0 Å². The number of carbonyl (C=O) groups is 1. The van der Waals surface area contributed by atoms with Crippen molar-refractivity contribution in [3.63, 3.8) is 0 Å². The van der Waals surface area contributed by atoms with Gasteiger partial charge in [-0.1, -0.05) is 42.5 Å². The molecule has 0 atom stereocenters. The lowest BCUT2D eigenvalue weighted by Gasteiger charge is -2.08. The minimum absolute atomic E-state index is 0.219. The second-order valence-corrected chi connectivity index (χ2v) is 6.35. The van der Waals surface area contributed by atoms with Gasteiger partial charge in [0.25, 0.3) is 5.91 Å². The van der Waals surface area contributed by atoms with Crippen LogP contribution in [0.3, 0.4) is 0 Å². The molecule has 0 unspecified atom stereocenters. The molecule has 4 aromatic rings. The van der Waals surface area contributed by atoms with Gasteiger partial charge in [-0.2, -0.15) is 0 Å². The predicted molar refractivity (Wildman–Crippen MR) is 104 cm³/mol. The average molecular weight is 342 g/mol. The molecule has 4 heteroatoms. The van der Waals surface area contributed by atoms with Gasteiger partial charge in [0.05, 0.1) is 11.1 Å². The molecule has 0 saturated heterocycles. The van der Waals surface area contributed by atoms with E-state index in [4.69, 9.17) is 5.73 Å². The van der Waals surface area contributed by atoms with Gasteiger partial charge < -0.3 is 15.4 Å². The molecule has 0 fully saturated rings. The topological polar surface area (TPSA) is 68.2 Å². The molecule has 3 aromatic carbocycles. The molecule has 0 aliphatic rings. The Kier molecular flexibility index (Phi) is 3.73. The third-order valence-electron chi connectivity index (χ3n) is 4.63. The zero-order chi connectivity index (χ0) is 18.3. The van der Waals surface area contributed by atoms with Gasteiger partial charge in [0.1, 0.15) is 5.75 Å². The molecule has 0 bridgehead atoms. The summed E-state index contributed by atoms with van der Waals surface area (Å²) in [4.78, 5) is 12.1. The summed E-state index contributed by atoms with van der Waals surface area (Å²) < 4.78 is 1.92. The quantitative estimate of drug-likeness (QED) is 0.582. The fraction of sp³-hybridized carbons (Fsp3) is 0.0455. The first-order valence-electron chi connectivity index (χ1n) is 8.32. The molecule has 4 rings (SSSR count). The highest BCUT2D eigenvalue weighted by molar-refractivity contribution is 6.11. The molecule has 1 amide bonds. The summed E-state index contributed by atoms with van der Waals surface area (Å²) in [6.07, 6.45) is 1.98. The number of amides is 1. The molecule has 3 N–H and O–H groups in total. The van der Waals surface area contributed by atoms with Gasteiger partial charge in [-0.25, -0.2) is 0 Å². The lowest BCUT2D eigenvalue weighted by atomic mass is 9.96. The minimum Gasteiger partial charge on any atom is -0.508 e. The van der Waals surface area contributed by atoms with Gasteiger partial charge in [-0.05, 0) is 41.0 Å².